The Morgan fingerprint density at radius 3 is 2.42 bits per heavy atom. The molecular formula is C19H28N4O2S. The highest BCUT2D eigenvalue weighted by Crippen LogP contribution is 2.44. The van der Waals surface area contributed by atoms with Gasteiger partial charge >= 0.3 is 0 Å². The highest BCUT2D eigenvalue weighted by Gasteiger charge is 2.47. The lowest BCUT2D eigenvalue weighted by atomic mass is 10.1. The van der Waals surface area contributed by atoms with Crippen molar-refractivity contribution in [3.05, 3.63) is 35.9 Å². The van der Waals surface area contributed by atoms with Gasteiger partial charge in [-0.25, -0.2) is 5.01 Å². The van der Waals surface area contributed by atoms with Crippen molar-refractivity contribution in [2.75, 3.05) is 6.54 Å². The number of hydrogen-bond donors (Lipinski definition) is 2. The van der Waals surface area contributed by atoms with Crippen LogP contribution in [0.15, 0.2) is 35.4 Å². The molecule has 0 aromatic heterocycles. The Bertz CT molecular complexity index is 650. The molecule has 1 aromatic carbocycles. The van der Waals surface area contributed by atoms with E-state index in [-0.39, 0.29) is 18.4 Å². The molecule has 1 aliphatic heterocycles. The van der Waals surface area contributed by atoms with Gasteiger partial charge < -0.3 is 11.1 Å². The first-order valence-corrected chi connectivity index (χ1v) is 10.0. The highest BCUT2D eigenvalue weighted by atomic mass is 32.2. The lowest BCUT2D eigenvalue weighted by molar-refractivity contribution is -0.134. The molecule has 0 saturated heterocycles. The smallest absolute Gasteiger partial charge is 0.244 e. The van der Waals surface area contributed by atoms with Crippen molar-refractivity contribution < 1.29 is 9.59 Å². The molecule has 0 bridgehead atoms. The molecule has 0 spiro atoms. The van der Waals surface area contributed by atoms with Crippen molar-refractivity contribution in [3.8, 4) is 0 Å². The van der Waals surface area contributed by atoms with Crippen LogP contribution in [0.3, 0.4) is 0 Å². The predicted octanol–water partition coefficient (Wildman–Crippen LogP) is 3.14. The van der Waals surface area contributed by atoms with Crippen LogP contribution in [0.5, 0.6) is 0 Å². The first-order valence-electron chi connectivity index (χ1n) is 9.23. The van der Waals surface area contributed by atoms with Crippen LogP contribution in [0.4, 0.5) is 0 Å². The summed E-state index contributed by atoms with van der Waals surface area (Å²) < 4.78 is 0. The fourth-order valence-corrected chi connectivity index (χ4v) is 3.96. The summed E-state index contributed by atoms with van der Waals surface area (Å²) in [5.74, 6) is -0.161. The Morgan fingerprint density at radius 1 is 1.15 bits per heavy atom. The van der Waals surface area contributed by atoms with Crippen molar-refractivity contribution in [1.29, 1.82) is 0 Å². The Balaban J connectivity index is 2.28. The Kier molecular flexibility index (Phi) is 7.66. The van der Waals surface area contributed by atoms with Gasteiger partial charge in [-0.1, -0.05) is 57.0 Å². The molecular weight excluding hydrogens is 348 g/mol. The third kappa shape index (κ3) is 4.65. The van der Waals surface area contributed by atoms with Gasteiger partial charge in [0.2, 0.25) is 11.8 Å². The number of nitrogens with one attached hydrogen (secondary N) is 1. The number of thioether (sulfide) groups is 1. The van der Waals surface area contributed by atoms with Crippen LogP contribution in [0.1, 0.15) is 57.9 Å². The second-order valence-corrected chi connectivity index (χ2v) is 7.59. The number of carbonyl (C=O) groups excluding carboxylic acids is 2. The average molecular weight is 377 g/mol. The maximum absolute atomic E-state index is 12.8. The van der Waals surface area contributed by atoms with Gasteiger partial charge in [0.25, 0.3) is 0 Å². The van der Waals surface area contributed by atoms with E-state index in [1.807, 2.05) is 44.2 Å². The van der Waals surface area contributed by atoms with E-state index in [2.05, 4.69) is 10.4 Å². The van der Waals surface area contributed by atoms with E-state index in [9.17, 15) is 9.59 Å². The number of carbonyl (C=O) groups is 2. The monoisotopic (exact) mass is 376 g/mol. The molecule has 3 N–H and O–H groups in total. The van der Waals surface area contributed by atoms with E-state index in [1.165, 1.54) is 16.8 Å². The van der Waals surface area contributed by atoms with Gasteiger partial charge in [-0.15, -0.1) is 5.10 Å². The normalized spacial score (nSPS) is 19.3. The van der Waals surface area contributed by atoms with Gasteiger partial charge in [0.15, 0.2) is 10.0 Å². The van der Waals surface area contributed by atoms with E-state index in [4.69, 9.17) is 5.73 Å². The molecule has 0 aliphatic carbocycles. The Hall–Kier alpha value is -1.86. The first-order chi connectivity index (χ1) is 12.6. The second kappa shape index (κ2) is 9.73. The van der Waals surface area contributed by atoms with Gasteiger partial charge in [0, 0.05) is 19.4 Å². The number of hydrogen-bond acceptors (Lipinski definition) is 5. The van der Waals surface area contributed by atoms with Crippen molar-refractivity contribution in [3.63, 3.8) is 0 Å². The summed E-state index contributed by atoms with van der Waals surface area (Å²) >= 11 is 1.34. The van der Waals surface area contributed by atoms with Gasteiger partial charge in [0.1, 0.15) is 0 Å². The number of benzene rings is 1. The summed E-state index contributed by atoms with van der Waals surface area (Å²) in [4.78, 5) is 24.1. The van der Waals surface area contributed by atoms with Gasteiger partial charge in [-0.05, 0) is 30.2 Å². The molecule has 2 rings (SSSR count). The third-order valence-electron chi connectivity index (χ3n) is 4.28. The molecule has 6 nitrogen and oxygen atoms in total. The summed E-state index contributed by atoms with van der Waals surface area (Å²) in [6.07, 6.45) is 4.35. The fourth-order valence-electron chi connectivity index (χ4n) is 2.78. The van der Waals surface area contributed by atoms with Crippen LogP contribution in [0, 0.1) is 0 Å². The molecule has 1 aliphatic rings. The van der Waals surface area contributed by atoms with Gasteiger partial charge in [-0.2, -0.15) is 0 Å². The van der Waals surface area contributed by atoms with Crippen LogP contribution in [-0.2, 0) is 14.5 Å². The quantitative estimate of drug-likeness (QED) is 0.729. The molecule has 2 amide bonds. The van der Waals surface area contributed by atoms with Gasteiger partial charge in [0.05, 0.1) is 0 Å². The maximum atomic E-state index is 12.8. The number of nitrogens with two attached hydrogens (primary N) is 1. The zero-order valence-electron chi connectivity index (χ0n) is 15.5. The number of hydrazone groups is 1. The van der Waals surface area contributed by atoms with Gasteiger partial charge in [-0.3, -0.25) is 9.59 Å². The molecule has 0 radical (unpaired) electrons. The molecule has 1 heterocycles. The molecule has 1 aromatic rings. The first kappa shape index (κ1) is 20.5. The highest BCUT2D eigenvalue weighted by molar-refractivity contribution is 8.14. The molecule has 26 heavy (non-hydrogen) atoms. The van der Waals surface area contributed by atoms with E-state index in [1.54, 1.807) is 0 Å². The van der Waals surface area contributed by atoms with E-state index in [0.29, 0.717) is 18.0 Å². The minimum Gasteiger partial charge on any atom is -0.327 e. The molecule has 7 heteroatoms. The number of amidine groups is 1. The van der Waals surface area contributed by atoms with Crippen molar-refractivity contribution in [1.82, 2.24) is 10.3 Å². The van der Waals surface area contributed by atoms with Crippen LogP contribution in [0.2, 0.25) is 0 Å². The standard InChI is InChI=1S/C19H28N4O2S/c1-3-5-12-16(24)21-18-22-23(17(25)13-6-4-2)19(14-20,26-18)15-10-8-7-9-11-15/h7-11H,3-6,12-14,20H2,1-2H3,(H,21,22,24). The summed E-state index contributed by atoms with van der Waals surface area (Å²) in [7, 11) is 0. The zero-order chi connectivity index (χ0) is 19.0. The third-order valence-corrected chi connectivity index (χ3v) is 5.57. The Labute approximate surface area is 159 Å². The van der Waals surface area contributed by atoms with Crippen LogP contribution in [-0.4, -0.2) is 28.5 Å². The molecule has 1 unspecified atom stereocenters. The molecule has 142 valence electrons. The summed E-state index contributed by atoms with van der Waals surface area (Å²) in [5, 5.41) is 9.19. The summed E-state index contributed by atoms with van der Waals surface area (Å²) in [6, 6.07) is 9.64. The zero-order valence-corrected chi connectivity index (χ0v) is 16.3. The van der Waals surface area contributed by atoms with Crippen LogP contribution >= 0.6 is 11.8 Å². The Morgan fingerprint density at radius 2 is 1.81 bits per heavy atom. The summed E-state index contributed by atoms with van der Waals surface area (Å²) in [6.45, 7) is 4.29. The fraction of sp³-hybridized carbons (Fsp3) is 0.526. The van der Waals surface area contributed by atoms with Crippen LogP contribution in [0.25, 0.3) is 0 Å². The van der Waals surface area contributed by atoms with E-state index in [0.717, 1.165) is 31.2 Å². The largest absolute Gasteiger partial charge is 0.327 e. The van der Waals surface area contributed by atoms with E-state index < -0.39 is 4.87 Å². The second-order valence-electron chi connectivity index (χ2n) is 6.32. The number of rotatable bonds is 8. The molecule has 0 fully saturated rings. The molecule has 0 saturated carbocycles. The minimum absolute atomic E-state index is 0.0774. The SMILES string of the molecule is CCCCC(=O)NC1=NN(C(=O)CCCC)C(CN)(c2ccccc2)S1. The topological polar surface area (TPSA) is 87.8 Å². The number of nitrogens with zero attached hydrogens (tertiary/aromatic N) is 2. The van der Waals surface area contributed by atoms with E-state index >= 15 is 0 Å². The number of unbranched alkanes of at least 4 members (excludes halogenated alkanes) is 2. The van der Waals surface area contributed by atoms with Crippen molar-refractivity contribution >= 4 is 28.7 Å². The lowest BCUT2D eigenvalue weighted by Gasteiger charge is -2.34. The summed E-state index contributed by atoms with van der Waals surface area (Å²) in [5.41, 5.74) is 7.03. The van der Waals surface area contributed by atoms with Crippen molar-refractivity contribution in [2.24, 2.45) is 10.8 Å². The predicted molar refractivity (Wildman–Crippen MR) is 106 cm³/mol. The molecule has 1 atom stereocenters. The number of amides is 2. The average Bonchev–Trinajstić information content (AvgIpc) is 3.04. The van der Waals surface area contributed by atoms with Crippen LogP contribution < -0.4 is 11.1 Å². The van der Waals surface area contributed by atoms with Crippen molar-refractivity contribution in [2.45, 2.75) is 57.2 Å². The maximum Gasteiger partial charge on any atom is 0.244 e. The lowest BCUT2D eigenvalue weighted by Crippen LogP contribution is -2.46. The minimum atomic E-state index is -0.820.